The SMILES string of the molecule is C=CCN(C)C(=O)C1(n2cccn2)CCNCC1.Cl. The van der Waals surface area contributed by atoms with E-state index in [-0.39, 0.29) is 18.3 Å². The normalized spacial score (nSPS) is 17.3. The Hall–Kier alpha value is -1.33. The van der Waals surface area contributed by atoms with Gasteiger partial charge in [0.15, 0.2) is 0 Å². The zero-order valence-electron chi connectivity index (χ0n) is 11.2. The number of nitrogens with one attached hydrogen (secondary N) is 1. The third-order valence-electron chi connectivity index (χ3n) is 3.52. The van der Waals surface area contributed by atoms with Gasteiger partial charge in [0.2, 0.25) is 0 Å². The third-order valence-corrected chi connectivity index (χ3v) is 3.52. The van der Waals surface area contributed by atoms with Gasteiger partial charge in [0.25, 0.3) is 5.91 Å². The molecule has 1 aliphatic heterocycles. The average Bonchev–Trinajstić information content (AvgIpc) is 2.93. The molecule has 2 heterocycles. The molecule has 106 valence electrons. The summed E-state index contributed by atoms with van der Waals surface area (Å²) < 4.78 is 1.82. The van der Waals surface area contributed by atoms with E-state index in [0.29, 0.717) is 6.54 Å². The van der Waals surface area contributed by atoms with Gasteiger partial charge in [0, 0.05) is 26.0 Å². The van der Waals surface area contributed by atoms with E-state index in [1.54, 1.807) is 17.2 Å². The van der Waals surface area contributed by atoms with E-state index in [1.807, 2.05) is 24.0 Å². The second-order valence-electron chi connectivity index (χ2n) is 4.71. The first-order valence-corrected chi connectivity index (χ1v) is 6.28. The second kappa shape index (κ2) is 6.73. The molecule has 1 aromatic rings. The maximum Gasteiger partial charge on any atom is 0.250 e. The molecule has 1 aliphatic rings. The quantitative estimate of drug-likeness (QED) is 0.840. The Morgan fingerprint density at radius 3 is 2.79 bits per heavy atom. The number of halogens is 1. The largest absolute Gasteiger partial charge is 0.340 e. The average molecular weight is 285 g/mol. The standard InChI is InChI=1S/C13H20N4O.ClH/c1-3-10-16(2)12(18)13(5-8-14-9-6-13)17-11-4-7-15-17;/h3-4,7,11,14H,1,5-6,8-10H2,2H3;1H. The summed E-state index contributed by atoms with van der Waals surface area (Å²) in [6.45, 7) is 5.93. The summed E-state index contributed by atoms with van der Waals surface area (Å²) >= 11 is 0. The topological polar surface area (TPSA) is 50.2 Å². The van der Waals surface area contributed by atoms with Gasteiger partial charge in [0.1, 0.15) is 5.54 Å². The summed E-state index contributed by atoms with van der Waals surface area (Å²) in [5.74, 6) is 0.118. The molecule has 1 N–H and O–H groups in total. The molecule has 2 rings (SSSR count). The lowest BCUT2D eigenvalue weighted by Gasteiger charge is -2.38. The number of likely N-dealkylation sites (N-methyl/N-ethyl adjacent to an activating group) is 1. The highest BCUT2D eigenvalue weighted by Crippen LogP contribution is 2.28. The molecule has 0 saturated carbocycles. The fraction of sp³-hybridized carbons (Fsp3) is 0.538. The van der Waals surface area contributed by atoms with Crippen LogP contribution in [0.3, 0.4) is 0 Å². The van der Waals surface area contributed by atoms with E-state index in [1.165, 1.54) is 0 Å². The number of piperidine rings is 1. The summed E-state index contributed by atoms with van der Waals surface area (Å²) in [5.41, 5.74) is -0.535. The van der Waals surface area contributed by atoms with Crippen molar-refractivity contribution in [2.75, 3.05) is 26.7 Å². The predicted molar refractivity (Wildman–Crippen MR) is 77.4 cm³/mol. The number of aromatic nitrogens is 2. The van der Waals surface area contributed by atoms with Crippen molar-refractivity contribution in [1.29, 1.82) is 0 Å². The van der Waals surface area contributed by atoms with Crippen molar-refractivity contribution >= 4 is 18.3 Å². The molecule has 0 bridgehead atoms. The second-order valence-corrected chi connectivity index (χ2v) is 4.71. The van der Waals surface area contributed by atoms with E-state index < -0.39 is 5.54 Å². The Bertz CT molecular complexity index is 412. The fourth-order valence-electron chi connectivity index (χ4n) is 2.54. The van der Waals surface area contributed by atoms with Crippen LogP contribution in [0.5, 0.6) is 0 Å². The molecule has 0 unspecified atom stereocenters. The van der Waals surface area contributed by atoms with E-state index >= 15 is 0 Å². The minimum Gasteiger partial charge on any atom is -0.340 e. The lowest BCUT2D eigenvalue weighted by Crippen LogP contribution is -2.55. The van der Waals surface area contributed by atoms with Crippen molar-refractivity contribution in [2.45, 2.75) is 18.4 Å². The Labute approximate surface area is 120 Å². The number of hydrogen-bond acceptors (Lipinski definition) is 3. The van der Waals surface area contributed by atoms with Crippen LogP contribution in [0.15, 0.2) is 31.1 Å². The fourth-order valence-corrected chi connectivity index (χ4v) is 2.54. The molecule has 1 amide bonds. The van der Waals surface area contributed by atoms with Crippen LogP contribution in [-0.4, -0.2) is 47.3 Å². The van der Waals surface area contributed by atoms with Crippen molar-refractivity contribution in [1.82, 2.24) is 20.0 Å². The van der Waals surface area contributed by atoms with Gasteiger partial charge >= 0.3 is 0 Å². The summed E-state index contributed by atoms with van der Waals surface area (Å²) in [6.07, 6.45) is 6.90. The van der Waals surface area contributed by atoms with Crippen LogP contribution in [-0.2, 0) is 10.3 Å². The molecule has 0 atom stereocenters. The Morgan fingerprint density at radius 2 is 2.26 bits per heavy atom. The van der Waals surface area contributed by atoms with Gasteiger partial charge in [-0.1, -0.05) is 6.08 Å². The van der Waals surface area contributed by atoms with Crippen molar-refractivity contribution < 1.29 is 4.79 Å². The minimum atomic E-state index is -0.535. The number of carbonyl (C=O) groups is 1. The van der Waals surface area contributed by atoms with Gasteiger partial charge in [-0.25, -0.2) is 0 Å². The maximum absolute atomic E-state index is 12.7. The van der Waals surface area contributed by atoms with Crippen molar-refractivity contribution in [3.05, 3.63) is 31.1 Å². The molecule has 1 aromatic heterocycles. The molecule has 1 fully saturated rings. The smallest absolute Gasteiger partial charge is 0.250 e. The summed E-state index contributed by atoms with van der Waals surface area (Å²) in [4.78, 5) is 14.4. The first kappa shape index (κ1) is 15.7. The third kappa shape index (κ3) is 2.98. The van der Waals surface area contributed by atoms with Crippen molar-refractivity contribution in [2.24, 2.45) is 0 Å². The number of carbonyl (C=O) groups excluding carboxylic acids is 1. The highest BCUT2D eigenvalue weighted by atomic mass is 35.5. The van der Waals surface area contributed by atoms with Gasteiger partial charge in [-0.15, -0.1) is 19.0 Å². The summed E-state index contributed by atoms with van der Waals surface area (Å²) in [7, 11) is 1.82. The van der Waals surface area contributed by atoms with Gasteiger partial charge < -0.3 is 10.2 Å². The van der Waals surface area contributed by atoms with Gasteiger partial charge in [-0.2, -0.15) is 5.10 Å². The van der Waals surface area contributed by atoms with E-state index in [2.05, 4.69) is 17.0 Å². The minimum absolute atomic E-state index is 0. The first-order valence-electron chi connectivity index (χ1n) is 6.28. The van der Waals surface area contributed by atoms with Crippen LogP contribution in [0.25, 0.3) is 0 Å². The summed E-state index contributed by atoms with van der Waals surface area (Å²) in [6, 6.07) is 1.87. The molecule has 0 spiro atoms. The van der Waals surface area contributed by atoms with Crippen molar-refractivity contribution in [3.8, 4) is 0 Å². The van der Waals surface area contributed by atoms with Gasteiger partial charge in [-0.05, 0) is 32.0 Å². The summed E-state index contributed by atoms with van der Waals surface area (Å²) in [5, 5.41) is 7.59. The molecule has 0 aromatic carbocycles. The Kier molecular flexibility index (Phi) is 5.57. The van der Waals surface area contributed by atoms with Crippen LogP contribution in [0.2, 0.25) is 0 Å². The highest BCUT2D eigenvalue weighted by molar-refractivity contribution is 5.85. The Balaban J connectivity index is 0.00000180. The molecular formula is C13H21ClN4O. The van der Waals surface area contributed by atoms with E-state index in [9.17, 15) is 4.79 Å². The molecular weight excluding hydrogens is 264 g/mol. The molecule has 5 nitrogen and oxygen atoms in total. The van der Waals surface area contributed by atoms with Gasteiger partial charge in [0.05, 0.1) is 0 Å². The van der Waals surface area contributed by atoms with Crippen LogP contribution in [0.4, 0.5) is 0 Å². The van der Waals surface area contributed by atoms with Crippen molar-refractivity contribution in [3.63, 3.8) is 0 Å². The molecule has 6 heteroatoms. The van der Waals surface area contributed by atoms with Crippen LogP contribution in [0.1, 0.15) is 12.8 Å². The molecule has 1 saturated heterocycles. The van der Waals surface area contributed by atoms with Crippen LogP contribution in [0, 0.1) is 0 Å². The number of nitrogens with zero attached hydrogens (tertiary/aromatic N) is 3. The van der Waals surface area contributed by atoms with E-state index in [4.69, 9.17) is 0 Å². The predicted octanol–water partition coefficient (Wildman–Crippen LogP) is 1.03. The van der Waals surface area contributed by atoms with Crippen LogP contribution < -0.4 is 5.32 Å². The zero-order valence-corrected chi connectivity index (χ0v) is 12.0. The van der Waals surface area contributed by atoms with Gasteiger partial charge in [-0.3, -0.25) is 9.48 Å². The Morgan fingerprint density at radius 1 is 1.58 bits per heavy atom. The number of rotatable bonds is 4. The maximum atomic E-state index is 12.7. The first-order chi connectivity index (χ1) is 8.70. The molecule has 19 heavy (non-hydrogen) atoms. The molecule has 0 radical (unpaired) electrons. The zero-order chi connectivity index (χ0) is 13.0. The van der Waals surface area contributed by atoms with Crippen LogP contribution >= 0.6 is 12.4 Å². The number of hydrogen-bond donors (Lipinski definition) is 1. The number of amides is 1. The van der Waals surface area contributed by atoms with E-state index in [0.717, 1.165) is 25.9 Å². The lowest BCUT2D eigenvalue weighted by molar-refractivity contribution is -0.141. The highest BCUT2D eigenvalue weighted by Gasteiger charge is 2.43. The lowest BCUT2D eigenvalue weighted by atomic mass is 9.87. The molecule has 0 aliphatic carbocycles. The monoisotopic (exact) mass is 284 g/mol.